The first-order valence-corrected chi connectivity index (χ1v) is 5.44. The number of aliphatic imine (C=N–C) groups is 1. The number of guanidine groups is 1. The zero-order chi connectivity index (χ0) is 9.10. The molecule has 13 heavy (non-hydrogen) atoms. The van der Waals surface area contributed by atoms with Gasteiger partial charge < -0.3 is 10.6 Å². The van der Waals surface area contributed by atoms with Crippen molar-refractivity contribution in [3.63, 3.8) is 0 Å². The lowest BCUT2D eigenvalue weighted by atomic mass is 10.3. The van der Waals surface area contributed by atoms with Gasteiger partial charge in [0.05, 0.1) is 6.04 Å². The van der Waals surface area contributed by atoms with E-state index in [1.807, 2.05) is 0 Å². The van der Waals surface area contributed by atoms with E-state index in [0.29, 0.717) is 6.04 Å². The molecule has 0 unspecified atom stereocenters. The van der Waals surface area contributed by atoms with Gasteiger partial charge in [-0.05, 0) is 25.7 Å². The minimum Gasteiger partial charge on any atom is -0.370 e. The van der Waals surface area contributed by atoms with Crippen molar-refractivity contribution in [3.8, 4) is 0 Å². The zero-order valence-electron chi connectivity index (χ0n) is 8.21. The minimum absolute atomic E-state index is 0.528. The standard InChI is InChI=1S/C10H19N3/c11-10(13-7-3-4-8-13)12-9-5-1-2-6-9/h9H,1-8H2,(H2,11,12). The van der Waals surface area contributed by atoms with Crippen LogP contribution in [0.5, 0.6) is 0 Å². The van der Waals surface area contributed by atoms with Crippen LogP contribution in [0.3, 0.4) is 0 Å². The summed E-state index contributed by atoms with van der Waals surface area (Å²) in [5.74, 6) is 0.796. The molecule has 1 aliphatic heterocycles. The Morgan fingerprint density at radius 3 is 2.31 bits per heavy atom. The molecule has 1 heterocycles. The first-order valence-electron chi connectivity index (χ1n) is 5.44. The maximum absolute atomic E-state index is 5.93. The van der Waals surface area contributed by atoms with E-state index in [0.717, 1.165) is 19.0 Å². The molecule has 3 heteroatoms. The third kappa shape index (κ3) is 2.14. The van der Waals surface area contributed by atoms with Gasteiger partial charge in [0.15, 0.2) is 5.96 Å². The van der Waals surface area contributed by atoms with E-state index < -0.39 is 0 Å². The molecule has 0 aromatic heterocycles. The van der Waals surface area contributed by atoms with Gasteiger partial charge in [-0.15, -0.1) is 0 Å². The highest BCUT2D eigenvalue weighted by Crippen LogP contribution is 2.21. The second-order valence-electron chi connectivity index (χ2n) is 4.12. The van der Waals surface area contributed by atoms with E-state index in [-0.39, 0.29) is 0 Å². The van der Waals surface area contributed by atoms with Gasteiger partial charge in [-0.2, -0.15) is 0 Å². The van der Waals surface area contributed by atoms with E-state index in [9.17, 15) is 0 Å². The average Bonchev–Trinajstić information content (AvgIpc) is 2.74. The second kappa shape index (κ2) is 3.99. The van der Waals surface area contributed by atoms with Crippen LogP contribution in [-0.2, 0) is 0 Å². The van der Waals surface area contributed by atoms with Crippen LogP contribution < -0.4 is 5.73 Å². The number of hydrogen-bond donors (Lipinski definition) is 1. The Morgan fingerprint density at radius 2 is 1.69 bits per heavy atom. The maximum Gasteiger partial charge on any atom is 0.191 e. The zero-order valence-corrected chi connectivity index (χ0v) is 8.21. The maximum atomic E-state index is 5.93. The third-order valence-corrected chi connectivity index (χ3v) is 3.07. The summed E-state index contributed by atoms with van der Waals surface area (Å²) in [5, 5.41) is 0. The van der Waals surface area contributed by atoms with Crippen LogP contribution in [0.15, 0.2) is 4.99 Å². The van der Waals surface area contributed by atoms with Crippen LogP contribution in [-0.4, -0.2) is 30.0 Å². The van der Waals surface area contributed by atoms with Crippen molar-refractivity contribution in [2.45, 2.75) is 44.6 Å². The van der Waals surface area contributed by atoms with Crippen LogP contribution in [0.4, 0.5) is 0 Å². The number of nitrogens with zero attached hydrogens (tertiary/aromatic N) is 2. The summed E-state index contributed by atoms with van der Waals surface area (Å²) in [5.41, 5.74) is 5.93. The molecule has 1 saturated heterocycles. The van der Waals surface area contributed by atoms with Crippen molar-refractivity contribution >= 4 is 5.96 Å². The average molecular weight is 181 g/mol. The molecule has 2 fully saturated rings. The molecule has 74 valence electrons. The van der Waals surface area contributed by atoms with Crippen molar-refractivity contribution in [3.05, 3.63) is 0 Å². The molecule has 1 aliphatic carbocycles. The summed E-state index contributed by atoms with van der Waals surface area (Å²) in [6.45, 7) is 2.23. The molecule has 1 saturated carbocycles. The van der Waals surface area contributed by atoms with Gasteiger partial charge in [0, 0.05) is 13.1 Å². The topological polar surface area (TPSA) is 41.6 Å². The number of nitrogens with two attached hydrogens (primary N) is 1. The summed E-state index contributed by atoms with van der Waals surface area (Å²) >= 11 is 0. The lowest BCUT2D eigenvalue weighted by molar-refractivity contribution is 0.504. The quantitative estimate of drug-likeness (QED) is 0.490. The van der Waals surface area contributed by atoms with Crippen LogP contribution >= 0.6 is 0 Å². The lowest BCUT2D eigenvalue weighted by Gasteiger charge is -2.17. The van der Waals surface area contributed by atoms with Gasteiger partial charge in [-0.1, -0.05) is 12.8 Å². The Kier molecular flexibility index (Phi) is 2.71. The number of likely N-dealkylation sites (tertiary alicyclic amines) is 1. The molecule has 2 aliphatic rings. The van der Waals surface area contributed by atoms with Gasteiger partial charge >= 0.3 is 0 Å². The highest BCUT2D eigenvalue weighted by atomic mass is 15.3. The fraction of sp³-hybridized carbons (Fsp3) is 0.900. The van der Waals surface area contributed by atoms with Crippen molar-refractivity contribution < 1.29 is 0 Å². The minimum atomic E-state index is 0.528. The molecule has 2 N–H and O–H groups in total. The highest BCUT2D eigenvalue weighted by Gasteiger charge is 2.17. The predicted octanol–water partition coefficient (Wildman–Crippen LogP) is 1.34. The molecule has 0 aromatic rings. The molecular formula is C10H19N3. The molecule has 0 aromatic carbocycles. The lowest BCUT2D eigenvalue weighted by Crippen LogP contribution is -2.35. The summed E-state index contributed by atoms with van der Waals surface area (Å²) in [4.78, 5) is 6.80. The van der Waals surface area contributed by atoms with Gasteiger partial charge in [-0.3, -0.25) is 0 Å². The smallest absolute Gasteiger partial charge is 0.191 e. The number of hydrogen-bond acceptors (Lipinski definition) is 1. The third-order valence-electron chi connectivity index (χ3n) is 3.07. The summed E-state index contributed by atoms with van der Waals surface area (Å²) < 4.78 is 0. The van der Waals surface area contributed by atoms with E-state index in [2.05, 4.69) is 9.89 Å². The molecule has 0 radical (unpaired) electrons. The molecule has 3 nitrogen and oxygen atoms in total. The highest BCUT2D eigenvalue weighted by molar-refractivity contribution is 5.78. The monoisotopic (exact) mass is 181 g/mol. The van der Waals surface area contributed by atoms with Crippen molar-refractivity contribution in [1.82, 2.24) is 4.90 Å². The predicted molar refractivity (Wildman–Crippen MR) is 54.7 cm³/mol. The first-order chi connectivity index (χ1) is 6.36. The summed E-state index contributed by atoms with van der Waals surface area (Å²) in [6.07, 6.45) is 7.72. The Bertz CT molecular complexity index is 188. The number of rotatable bonds is 1. The van der Waals surface area contributed by atoms with Crippen molar-refractivity contribution in [1.29, 1.82) is 0 Å². The second-order valence-corrected chi connectivity index (χ2v) is 4.12. The fourth-order valence-electron chi connectivity index (χ4n) is 2.25. The van der Waals surface area contributed by atoms with Crippen LogP contribution in [0.1, 0.15) is 38.5 Å². The Balaban J connectivity index is 1.89. The van der Waals surface area contributed by atoms with E-state index in [1.54, 1.807) is 0 Å². The SMILES string of the molecule is NC(=NC1CCCC1)N1CCCC1. The molecule has 0 spiro atoms. The van der Waals surface area contributed by atoms with E-state index >= 15 is 0 Å². The van der Waals surface area contributed by atoms with E-state index in [1.165, 1.54) is 38.5 Å². The Labute approximate surface area is 80.0 Å². The van der Waals surface area contributed by atoms with Gasteiger partial charge in [0.25, 0.3) is 0 Å². The van der Waals surface area contributed by atoms with Crippen LogP contribution in [0.25, 0.3) is 0 Å². The van der Waals surface area contributed by atoms with Gasteiger partial charge in [0.1, 0.15) is 0 Å². The molecule has 0 amide bonds. The molecular weight excluding hydrogens is 162 g/mol. The van der Waals surface area contributed by atoms with Crippen molar-refractivity contribution in [2.24, 2.45) is 10.7 Å². The Hall–Kier alpha value is -0.730. The summed E-state index contributed by atoms with van der Waals surface area (Å²) in [7, 11) is 0. The van der Waals surface area contributed by atoms with Crippen LogP contribution in [0, 0.1) is 0 Å². The van der Waals surface area contributed by atoms with Gasteiger partial charge in [-0.25, -0.2) is 4.99 Å². The molecule has 2 rings (SSSR count). The Morgan fingerprint density at radius 1 is 1.08 bits per heavy atom. The first kappa shape index (κ1) is 8.85. The molecule has 0 bridgehead atoms. The fourth-order valence-corrected chi connectivity index (χ4v) is 2.25. The van der Waals surface area contributed by atoms with Gasteiger partial charge in [0.2, 0.25) is 0 Å². The molecule has 0 atom stereocenters. The summed E-state index contributed by atoms with van der Waals surface area (Å²) in [6, 6.07) is 0.528. The van der Waals surface area contributed by atoms with Crippen LogP contribution in [0.2, 0.25) is 0 Å². The van der Waals surface area contributed by atoms with E-state index in [4.69, 9.17) is 5.73 Å². The normalized spacial score (nSPS) is 25.8. The largest absolute Gasteiger partial charge is 0.370 e. The van der Waals surface area contributed by atoms with Crippen molar-refractivity contribution in [2.75, 3.05) is 13.1 Å².